The Bertz CT molecular complexity index is 2090. The minimum absolute atomic E-state index is 0.0311. The number of ether oxygens (including phenoxy) is 1. The van der Waals surface area contributed by atoms with E-state index in [1.807, 2.05) is 48.5 Å². The van der Waals surface area contributed by atoms with Crippen LogP contribution in [0.25, 0.3) is 22.2 Å². The molecule has 2 amide bonds. The van der Waals surface area contributed by atoms with E-state index >= 15 is 0 Å². The SMILES string of the molecule is CS(=O)(=O)OCCc1ccc(-c2cccc(Oc3ncc(F)cc3C(=O)N[C@H]3CC[C@H](NC(=O)c4cnc5ccccc5n4)CC3)c2)cc1. The zero-order valence-electron chi connectivity index (χ0n) is 26.6. The summed E-state index contributed by atoms with van der Waals surface area (Å²) in [6.45, 7) is 0.0598. The van der Waals surface area contributed by atoms with Crippen LogP contribution in [0.2, 0.25) is 0 Å². The predicted molar refractivity (Wildman–Crippen MR) is 181 cm³/mol. The number of amides is 2. The quantitative estimate of drug-likeness (QED) is 0.169. The second-order valence-electron chi connectivity index (χ2n) is 11.8. The molecule has 13 heteroatoms. The molecule has 6 rings (SSSR count). The number of hydrogen-bond acceptors (Lipinski definition) is 9. The molecule has 0 aliphatic heterocycles. The zero-order chi connectivity index (χ0) is 34.4. The molecule has 2 N–H and O–H groups in total. The fourth-order valence-electron chi connectivity index (χ4n) is 5.67. The van der Waals surface area contributed by atoms with Gasteiger partial charge in [0.25, 0.3) is 21.9 Å². The van der Waals surface area contributed by atoms with E-state index < -0.39 is 21.8 Å². The lowest BCUT2D eigenvalue weighted by molar-refractivity contribution is 0.0887. The fourth-order valence-corrected chi connectivity index (χ4v) is 6.05. The lowest BCUT2D eigenvalue weighted by Crippen LogP contribution is -2.44. The molecule has 1 aliphatic carbocycles. The van der Waals surface area contributed by atoms with Crippen LogP contribution in [0.15, 0.2) is 91.3 Å². The van der Waals surface area contributed by atoms with Crippen molar-refractivity contribution in [2.45, 2.75) is 44.2 Å². The monoisotopic (exact) mass is 683 g/mol. The van der Waals surface area contributed by atoms with E-state index in [0.717, 1.165) is 35.2 Å². The van der Waals surface area contributed by atoms with Gasteiger partial charge in [-0.3, -0.25) is 18.8 Å². The number of benzene rings is 3. The third-order valence-electron chi connectivity index (χ3n) is 8.17. The molecule has 0 atom stereocenters. The number of halogens is 1. The van der Waals surface area contributed by atoms with Gasteiger partial charge in [-0.1, -0.05) is 48.5 Å². The van der Waals surface area contributed by atoms with E-state index in [4.69, 9.17) is 8.92 Å². The Labute approximate surface area is 283 Å². The summed E-state index contributed by atoms with van der Waals surface area (Å²) in [6, 6.07) is 23.0. The number of nitrogens with one attached hydrogen (secondary N) is 2. The highest BCUT2D eigenvalue weighted by molar-refractivity contribution is 7.85. The molecular formula is C36H34FN5O6S. The summed E-state index contributed by atoms with van der Waals surface area (Å²) in [5.74, 6) is -1.10. The van der Waals surface area contributed by atoms with Crippen LogP contribution in [0.5, 0.6) is 11.6 Å². The zero-order valence-corrected chi connectivity index (χ0v) is 27.5. The van der Waals surface area contributed by atoms with Gasteiger partial charge < -0.3 is 15.4 Å². The molecule has 2 heterocycles. The topological polar surface area (TPSA) is 149 Å². The third kappa shape index (κ3) is 9.00. The second-order valence-corrected chi connectivity index (χ2v) is 13.5. The van der Waals surface area contributed by atoms with Gasteiger partial charge in [0, 0.05) is 12.1 Å². The van der Waals surface area contributed by atoms with E-state index in [-0.39, 0.29) is 41.7 Å². The molecule has 2 aromatic heterocycles. The maximum absolute atomic E-state index is 14.3. The molecule has 3 aromatic carbocycles. The van der Waals surface area contributed by atoms with Crippen LogP contribution in [-0.2, 0) is 20.7 Å². The maximum Gasteiger partial charge on any atom is 0.271 e. The van der Waals surface area contributed by atoms with Crippen LogP contribution in [-0.4, -0.2) is 60.1 Å². The average molecular weight is 684 g/mol. The van der Waals surface area contributed by atoms with E-state index in [1.165, 1.54) is 6.20 Å². The highest BCUT2D eigenvalue weighted by Crippen LogP contribution is 2.29. The maximum atomic E-state index is 14.3. The summed E-state index contributed by atoms with van der Waals surface area (Å²) in [5, 5.41) is 6.00. The largest absolute Gasteiger partial charge is 0.438 e. The van der Waals surface area contributed by atoms with Crippen LogP contribution in [0.4, 0.5) is 4.39 Å². The number of hydrogen-bond donors (Lipinski definition) is 2. The van der Waals surface area contributed by atoms with Gasteiger partial charge in [-0.25, -0.2) is 14.4 Å². The first-order chi connectivity index (χ1) is 23.6. The van der Waals surface area contributed by atoms with Gasteiger partial charge >= 0.3 is 0 Å². The van der Waals surface area contributed by atoms with Crippen molar-refractivity contribution in [3.63, 3.8) is 0 Å². The summed E-state index contributed by atoms with van der Waals surface area (Å²) in [7, 11) is -3.49. The molecule has 0 saturated heterocycles. The Balaban J connectivity index is 1.05. The summed E-state index contributed by atoms with van der Waals surface area (Å²) in [5.41, 5.74) is 4.22. The van der Waals surface area contributed by atoms with Crippen molar-refractivity contribution in [3.8, 4) is 22.8 Å². The standard InChI is InChI=1S/C36H34FN5O6S/c1-49(45,46)47-18-17-23-9-11-24(12-10-23)25-5-4-6-29(19-25)48-36-30(20-26(37)21-39-36)34(43)40-27-13-15-28(16-14-27)41-35(44)33-22-38-31-7-2-3-8-32(31)42-33/h2-12,19-22,27-28H,13-18H2,1H3,(H,40,43)(H,41,44)/t27-,28-. The molecule has 252 valence electrons. The molecule has 1 fully saturated rings. The number of rotatable bonds is 11. The molecule has 49 heavy (non-hydrogen) atoms. The van der Waals surface area contributed by atoms with Crippen molar-refractivity contribution >= 4 is 33.0 Å². The Hall–Kier alpha value is -5.27. The lowest BCUT2D eigenvalue weighted by atomic mass is 9.91. The number of aromatic nitrogens is 3. The number of carbonyl (C=O) groups excluding carboxylic acids is 2. The van der Waals surface area contributed by atoms with Crippen molar-refractivity contribution in [3.05, 3.63) is 114 Å². The van der Waals surface area contributed by atoms with Crippen molar-refractivity contribution in [2.75, 3.05) is 12.9 Å². The van der Waals surface area contributed by atoms with Crippen LogP contribution >= 0.6 is 0 Å². The Morgan fingerprint density at radius 3 is 2.22 bits per heavy atom. The van der Waals surface area contributed by atoms with E-state index in [2.05, 4.69) is 25.6 Å². The van der Waals surface area contributed by atoms with Crippen molar-refractivity contribution in [1.82, 2.24) is 25.6 Å². The van der Waals surface area contributed by atoms with Crippen LogP contribution in [0.3, 0.4) is 0 Å². The minimum Gasteiger partial charge on any atom is -0.438 e. The average Bonchev–Trinajstić information content (AvgIpc) is 3.09. The van der Waals surface area contributed by atoms with Gasteiger partial charge in [0.1, 0.15) is 22.8 Å². The van der Waals surface area contributed by atoms with Crippen LogP contribution < -0.4 is 15.4 Å². The van der Waals surface area contributed by atoms with Crippen molar-refractivity contribution in [2.24, 2.45) is 0 Å². The smallest absolute Gasteiger partial charge is 0.271 e. The molecule has 0 spiro atoms. The molecule has 1 aliphatic rings. The van der Waals surface area contributed by atoms with Crippen molar-refractivity contribution in [1.29, 1.82) is 0 Å². The molecule has 5 aromatic rings. The third-order valence-corrected chi connectivity index (χ3v) is 8.76. The normalized spacial score (nSPS) is 16.2. The number of para-hydroxylation sites is 2. The van der Waals surface area contributed by atoms with Gasteiger partial charge in [-0.2, -0.15) is 8.42 Å². The van der Waals surface area contributed by atoms with Crippen molar-refractivity contribution < 1.29 is 31.3 Å². The highest BCUT2D eigenvalue weighted by atomic mass is 32.2. The van der Waals surface area contributed by atoms with E-state index in [1.54, 1.807) is 24.3 Å². The second kappa shape index (κ2) is 14.9. The molecule has 1 saturated carbocycles. The molecule has 11 nitrogen and oxygen atoms in total. The Kier molecular flexibility index (Phi) is 10.2. The van der Waals surface area contributed by atoms with Gasteiger partial charge in [0.15, 0.2) is 0 Å². The fraction of sp³-hybridized carbons (Fsp3) is 0.250. The molecule has 0 bridgehead atoms. The Morgan fingerprint density at radius 2 is 1.51 bits per heavy atom. The number of fused-ring (bicyclic) bond motifs is 1. The molecular weight excluding hydrogens is 649 g/mol. The lowest BCUT2D eigenvalue weighted by Gasteiger charge is -2.29. The summed E-state index contributed by atoms with van der Waals surface area (Å²) in [6.07, 6.45) is 6.44. The molecule has 0 unspecified atom stereocenters. The van der Waals surface area contributed by atoms with E-state index in [9.17, 15) is 22.4 Å². The predicted octanol–water partition coefficient (Wildman–Crippen LogP) is 5.61. The molecule has 0 radical (unpaired) electrons. The van der Waals surface area contributed by atoms with Gasteiger partial charge in [-0.05, 0) is 79.1 Å². The first-order valence-corrected chi connectivity index (χ1v) is 17.6. The summed E-state index contributed by atoms with van der Waals surface area (Å²) in [4.78, 5) is 39.0. The summed E-state index contributed by atoms with van der Waals surface area (Å²) < 4.78 is 47.5. The highest BCUT2D eigenvalue weighted by Gasteiger charge is 2.26. The van der Waals surface area contributed by atoms with Crippen LogP contribution in [0, 0.1) is 5.82 Å². The minimum atomic E-state index is -3.49. The van der Waals surface area contributed by atoms with E-state index in [0.29, 0.717) is 48.9 Å². The van der Waals surface area contributed by atoms with Crippen LogP contribution in [0.1, 0.15) is 52.1 Å². The number of carbonyl (C=O) groups is 2. The number of nitrogens with zero attached hydrogens (tertiary/aromatic N) is 3. The van der Waals surface area contributed by atoms with Gasteiger partial charge in [0.05, 0.1) is 36.3 Å². The summed E-state index contributed by atoms with van der Waals surface area (Å²) >= 11 is 0. The Morgan fingerprint density at radius 1 is 0.816 bits per heavy atom. The van der Waals surface area contributed by atoms with Gasteiger partial charge in [0.2, 0.25) is 5.88 Å². The van der Waals surface area contributed by atoms with Gasteiger partial charge in [-0.15, -0.1) is 0 Å². The number of pyridine rings is 1. The first-order valence-electron chi connectivity index (χ1n) is 15.8. The first kappa shape index (κ1) is 33.6.